The van der Waals surface area contributed by atoms with E-state index < -0.39 is 0 Å². The molecule has 238 valence electrons. The Morgan fingerprint density at radius 2 is 1.70 bits per heavy atom. The van der Waals surface area contributed by atoms with Crippen molar-refractivity contribution < 1.29 is 19.2 Å². The van der Waals surface area contributed by atoms with Crippen LogP contribution in [0.2, 0.25) is 0 Å². The molecule has 8 nitrogen and oxygen atoms in total. The second-order valence-corrected chi connectivity index (χ2v) is 13.0. The van der Waals surface area contributed by atoms with E-state index in [1.54, 1.807) is 16.2 Å². The topological polar surface area (TPSA) is 101 Å². The second-order valence-electron chi connectivity index (χ2n) is 11.8. The Morgan fingerprint density at radius 1 is 0.977 bits per heavy atom. The summed E-state index contributed by atoms with van der Waals surface area (Å²) in [5.74, 6) is 0.228. The minimum atomic E-state index is -0.142. The van der Waals surface area contributed by atoms with Crippen molar-refractivity contribution >= 4 is 62.3 Å². The van der Waals surface area contributed by atoms with E-state index in [-0.39, 0.29) is 47.8 Å². The molecule has 2 heterocycles. The van der Waals surface area contributed by atoms with Gasteiger partial charge in [-0.3, -0.25) is 19.2 Å². The van der Waals surface area contributed by atoms with E-state index in [4.69, 9.17) is 11.6 Å². The predicted molar refractivity (Wildman–Crippen MR) is 179 cm³/mol. The number of hydrogen-bond donors (Lipinski definition) is 2. The number of nitrogens with one attached hydrogen (secondary N) is 2. The molecule has 1 aliphatic rings. The zero-order valence-corrected chi connectivity index (χ0v) is 27.5. The lowest BCUT2D eigenvalue weighted by atomic mass is 9.79. The summed E-state index contributed by atoms with van der Waals surface area (Å²) < 4.78 is 2.91. The van der Waals surface area contributed by atoms with Crippen molar-refractivity contribution in [3.63, 3.8) is 0 Å². The van der Waals surface area contributed by atoms with Gasteiger partial charge in [0.2, 0.25) is 17.7 Å². The molecule has 0 unspecified atom stereocenters. The Kier molecular flexibility index (Phi) is 12.9. The third kappa shape index (κ3) is 9.17. The zero-order valence-electron chi connectivity index (χ0n) is 25.9. The summed E-state index contributed by atoms with van der Waals surface area (Å²) in [6.07, 6.45) is 7.53. The fourth-order valence-electron chi connectivity index (χ4n) is 6.13. The fourth-order valence-corrected chi connectivity index (χ4v) is 7.04. The molecule has 1 saturated carbocycles. The molecule has 1 aromatic carbocycles. The number of likely N-dealkylation sites (N-methyl/N-ethyl adjacent to an activating group) is 1. The monoisotopic (exact) mass is 640 g/mol. The predicted octanol–water partition coefficient (Wildman–Crippen LogP) is 6.48. The number of unbranched alkanes of at least 4 members (excludes halogenated alkanes) is 3. The highest BCUT2D eigenvalue weighted by Crippen LogP contribution is 2.33. The van der Waals surface area contributed by atoms with E-state index in [1.807, 2.05) is 60.2 Å². The Labute approximate surface area is 269 Å². The molecule has 0 radical (unpaired) electrons. The molecule has 44 heavy (non-hydrogen) atoms. The number of nitrogens with zero attached hydrogens (tertiary/aromatic N) is 2. The van der Waals surface area contributed by atoms with Crippen LogP contribution in [0.4, 0.5) is 5.69 Å². The SMILES string of the molecule is CCN(C(=O)Cn1c(C(=O)CC2CCC(C(=O)NCCCCCCNC(=O)CCl)CC2)cc2sccc21)c1cccc(C)c1. The van der Waals surface area contributed by atoms with Gasteiger partial charge in [-0.2, -0.15) is 0 Å². The van der Waals surface area contributed by atoms with Gasteiger partial charge in [-0.05, 0) is 93.5 Å². The first-order chi connectivity index (χ1) is 21.3. The molecule has 3 amide bonds. The number of benzene rings is 1. The summed E-state index contributed by atoms with van der Waals surface area (Å²) in [6, 6.07) is 11.9. The lowest BCUT2D eigenvalue weighted by molar-refractivity contribution is -0.126. The van der Waals surface area contributed by atoms with Crippen LogP contribution < -0.4 is 15.5 Å². The Morgan fingerprint density at radius 3 is 2.39 bits per heavy atom. The smallest absolute Gasteiger partial charge is 0.246 e. The fraction of sp³-hybridized carbons (Fsp3) is 0.529. The number of halogens is 1. The number of ketones is 1. The molecule has 4 rings (SSSR count). The summed E-state index contributed by atoms with van der Waals surface area (Å²) >= 11 is 7.05. The molecular formula is C34H45ClN4O4S. The highest BCUT2D eigenvalue weighted by molar-refractivity contribution is 7.17. The zero-order chi connectivity index (χ0) is 31.5. The van der Waals surface area contributed by atoms with Crippen molar-refractivity contribution in [1.82, 2.24) is 15.2 Å². The lowest BCUT2D eigenvalue weighted by Gasteiger charge is -2.27. The number of alkyl halides is 1. The molecule has 1 aliphatic carbocycles. The Balaban J connectivity index is 1.25. The molecule has 3 aromatic rings. The van der Waals surface area contributed by atoms with E-state index in [0.29, 0.717) is 31.7 Å². The molecule has 0 atom stereocenters. The van der Waals surface area contributed by atoms with Gasteiger partial charge >= 0.3 is 0 Å². The van der Waals surface area contributed by atoms with Crippen LogP contribution in [0.1, 0.15) is 80.8 Å². The third-order valence-electron chi connectivity index (χ3n) is 8.57. The van der Waals surface area contributed by atoms with Gasteiger partial charge in [0.25, 0.3) is 0 Å². The Bertz CT molecular complexity index is 1430. The number of amides is 3. The number of aryl methyl sites for hydroxylation is 1. The Hall–Kier alpha value is -3.17. The number of fused-ring (bicyclic) bond motifs is 1. The lowest BCUT2D eigenvalue weighted by Crippen LogP contribution is -2.35. The average molecular weight is 641 g/mol. The van der Waals surface area contributed by atoms with Crippen LogP contribution in [0.5, 0.6) is 0 Å². The normalized spacial score (nSPS) is 16.5. The van der Waals surface area contributed by atoms with Crippen LogP contribution in [0.15, 0.2) is 41.8 Å². The van der Waals surface area contributed by atoms with E-state index in [1.165, 1.54) is 0 Å². The van der Waals surface area contributed by atoms with Gasteiger partial charge in [-0.15, -0.1) is 22.9 Å². The average Bonchev–Trinajstić information content (AvgIpc) is 3.61. The maximum Gasteiger partial charge on any atom is 0.246 e. The largest absolute Gasteiger partial charge is 0.356 e. The summed E-state index contributed by atoms with van der Waals surface area (Å²) in [6.45, 7) is 5.94. The summed E-state index contributed by atoms with van der Waals surface area (Å²) in [5.41, 5.74) is 3.48. The summed E-state index contributed by atoms with van der Waals surface area (Å²) in [7, 11) is 0. The van der Waals surface area contributed by atoms with Crippen molar-refractivity contribution in [2.24, 2.45) is 11.8 Å². The van der Waals surface area contributed by atoms with Crippen LogP contribution in [-0.4, -0.2) is 53.6 Å². The molecular weight excluding hydrogens is 596 g/mol. The number of thiophene rings is 1. The van der Waals surface area contributed by atoms with Crippen LogP contribution in [0.25, 0.3) is 10.2 Å². The van der Waals surface area contributed by atoms with Gasteiger partial charge in [0.05, 0.1) is 15.9 Å². The van der Waals surface area contributed by atoms with E-state index >= 15 is 0 Å². The first-order valence-electron chi connectivity index (χ1n) is 15.9. The first-order valence-corrected chi connectivity index (χ1v) is 17.3. The number of rotatable bonds is 16. The number of Topliss-reactive ketones (excluding diaryl/α,β-unsaturated/α-hetero) is 1. The minimum absolute atomic E-state index is 0.000545. The highest BCUT2D eigenvalue weighted by atomic mass is 35.5. The van der Waals surface area contributed by atoms with Crippen molar-refractivity contribution in [2.45, 2.75) is 78.2 Å². The van der Waals surface area contributed by atoms with Crippen molar-refractivity contribution in [1.29, 1.82) is 0 Å². The third-order valence-corrected chi connectivity index (χ3v) is 9.67. The molecule has 2 N–H and O–H groups in total. The van der Waals surface area contributed by atoms with Crippen molar-refractivity contribution in [3.8, 4) is 0 Å². The van der Waals surface area contributed by atoms with E-state index in [0.717, 1.165) is 72.8 Å². The molecule has 0 saturated heterocycles. The van der Waals surface area contributed by atoms with Crippen molar-refractivity contribution in [3.05, 3.63) is 53.0 Å². The highest BCUT2D eigenvalue weighted by Gasteiger charge is 2.29. The molecule has 10 heteroatoms. The van der Waals surface area contributed by atoms with Crippen LogP contribution in [0, 0.1) is 18.8 Å². The number of carbonyl (C=O) groups excluding carboxylic acids is 4. The van der Waals surface area contributed by atoms with Gasteiger partial charge in [-0.25, -0.2) is 0 Å². The van der Waals surface area contributed by atoms with Gasteiger partial charge < -0.3 is 20.1 Å². The van der Waals surface area contributed by atoms with Crippen molar-refractivity contribution in [2.75, 3.05) is 30.4 Å². The van der Waals surface area contributed by atoms with Gasteiger partial charge in [0.1, 0.15) is 12.4 Å². The quantitative estimate of drug-likeness (QED) is 0.106. The van der Waals surface area contributed by atoms with Gasteiger partial charge in [0.15, 0.2) is 5.78 Å². The number of carbonyl (C=O) groups is 4. The van der Waals surface area contributed by atoms with Gasteiger partial charge in [0, 0.05) is 37.7 Å². The molecule has 0 bridgehead atoms. The first kappa shape index (κ1) is 33.7. The standard InChI is InChI=1S/C34H45ClN4O4S/c1-3-38(27-10-8-9-24(2)19-27)33(42)23-39-28-15-18-44-31(28)21-29(39)30(40)20-25-11-13-26(14-12-25)34(43)37-17-7-5-4-6-16-36-32(41)22-35/h8-10,15,18-19,21,25-26H,3-7,11-14,16-17,20,22-23H2,1-2H3,(H,36,41)(H,37,43). The summed E-state index contributed by atoms with van der Waals surface area (Å²) in [5, 5.41) is 7.84. The van der Waals surface area contributed by atoms with Crippen LogP contribution in [-0.2, 0) is 20.9 Å². The summed E-state index contributed by atoms with van der Waals surface area (Å²) in [4.78, 5) is 52.8. The van der Waals surface area contributed by atoms with Gasteiger partial charge in [-0.1, -0.05) is 25.0 Å². The maximum absolute atomic E-state index is 13.6. The number of anilines is 1. The molecule has 2 aromatic heterocycles. The van der Waals surface area contributed by atoms with E-state index in [2.05, 4.69) is 10.6 Å². The maximum atomic E-state index is 13.6. The molecule has 0 spiro atoms. The minimum Gasteiger partial charge on any atom is -0.356 e. The van der Waals surface area contributed by atoms with Crippen LogP contribution in [0.3, 0.4) is 0 Å². The molecule has 0 aliphatic heterocycles. The molecule has 1 fully saturated rings. The second kappa shape index (κ2) is 16.8. The van der Waals surface area contributed by atoms with Crippen LogP contribution >= 0.6 is 22.9 Å². The number of hydrogen-bond acceptors (Lipinski definition) is 5. The van der Waals surface area contributed by atoms with E-state index in [9.17, 15) is 19.2 Å². The number of aromatic nitrogens is 1.